The minimum absolute atomic E-state index is 0.605. The first-order chi connectivity index (χ1) is 8.88. The second kappa shape index (κ2) is 5.26. The molecule has 0 saturated carbocycles. The summed E-state index contributed by atoms with van der Waals surface area (Å²) in [7, 11) is 0. The van der Waals surface area contributed by atoms with Gasteiger partial charge in [0.05, 0.1) is 0 Å². The quantitative estimate of drug-likeness (QED) is 0.845. The van der Waals surface area contributed by atoms with Gasteiger partial charge in [-0.15, -0.1) is 5.10 Å². The molecule has 2 saturated heterocycles. The number of hydrogen-bond donors (Lipinski definition) is 2. The van der Waals surface area contributed by atoms with E-state index in [1.54, 1.807) is 0 Å². The molecule has 2 N–H and O–H groups in total. The zero-order valence-corrected chi connectivity index (χ0v) is 11.2. The highest BCUT2D eigenvalue weighted by atomic mass is 15.4. The van der Waals surface area contributed by atoms with Crippen molar-refractivity contribution in [3.8, 4) is 0 Å². The highest BCUT2D eigenvalue weighted by Crippen LogP contribution is 2.28. The van der Waals surface area contributed by atoms with E-state index in [0.29, 0.717) is 6.04 Å². The number of rotatable bonds is 4. The van der Waals surface area contributed by atoms with Gasteiger partial charge in [-0.2, -0.15) is 4.98 Å². The van der Waals surface area contributed by atoms with Gasteiger partial charge in [-0.1, -0.05) is 13.3 Å². The van der Waals surface area contributed by atoms with E-state index in [4.69, 9.17) is 0 Å². The predicted octanol–water partition coefficient (Wildman–Crippen LogP) is 1.34. The summed E-state index contributed by atoms with van der Waals surface area (Å²) in [6.07, 6.45) is 6.02. The predicted molar refractivity (Wildman–Crippen MR) is 71.7 cm³/mol. The Bertz CT molecular complexity index is 388. The normalized spacial score (nSPS) is 27.5. The molecule has 3 rings (SSSR count). The first-order valence-electron chi connectivity index (χ1n) is 7.27. The van der Waals surface area contributed by atoms with Gasteiger partial charge in [0.25, 0.3) is 0 Å². The lowest BCUT2D eigenvalue weighted by Gasteiger charge is -2.36. The third-order valence-corrected chi connectivity index (χ3v) is 4.22. The van der Waals surface area contributed by atoms with E-state index in [9.17, 15) is 0 Å². The SMILES string of the molecule is CCCCc1nc(N2CCCC3CNCC32)n[nH]1. The van der Waals surface area contributed by atoms with Crippen LogP contribution in [0.4, 0.5) is 5.95 Å². The maximum Gasteiger partial charge on any atom is 0.245 e. The molecule has 0 bridgehead atoms. The lowest BCUT2D eigenvalue weighted by atomic mass is 9.92. The second-order valence-corrected chi connectivity index (χ2v) is 5.51. The Kier molecular flexibility index (Phi) is 3.50. The van der Waals surface area contributed by atoms with Crippen molar-refractivity contribution in [1.82, 2.24) is 20.5 Å². The van der Waals surface area contributed by atoms with Gasteiger partial charge in [0.15, 0.2) is 0 Å². The van der Waals surface area contributed by atoms with Crippen LogP contribution in [0.3, 0.4) is 0 Å². The van der Waals surface area contributed by atoms with Crippen LogP contribution in [-0.4, -0.2) is 40.9 Å². The average molecular weight is 249 g/mol. The number of piperidine rings is 1. The summed E-state index contributed by atoms with van der Waals surface area (Å²) in [6, 6.07) is 0.605. The van der Waals surface area contributed by atoms with Crippen LogP contribution >= 0.6 is 0 Å². The van der Waals surface area contributed by atoms with Gasteiger partial charge < -0.3 is 10.2 Å². The number of unbranched alkanes of at least 4 members (excludes halogenated alkanes) is 1. The van der Waals surface area contributed by atoms with Crippen molar-refractivity contribution in [3.63, 3.8) is 0 Å². The number of H-pyrrole nitrogens is 1. The standard InChI is InChI=1S/C13H23N5/c1-2-3-6-12-15-13(17-16-12)18-7-4-5-10-8-14-9-11(10)18/h10-11,14H,2-9H2,1H3,(H,15,16,17). The van der Waals surface area contributed by atoms with Gasteiger partial charge in [0, 0.05) is 32.1 Å². The lowest BCUT2D eigenvalue weighted by molar-refractivity contribution is 0.381. The van der Waals surface area contributed by atoms with Crippen molar-refractivity contribution in [3.05, 3.63) is 5.82 Å². The molecule has 1 aromatic heterocycles. The van der Waals surface area contributed by atoms with Crippen molar-refractivity contribution >= 4 is 5.95 Å². The highest BCUT2D eigenvalue weighted by Gasteiger charge is 2.36. The molecule has 1 aromatic rings. The van der Waals surface area contributed by atoms with Crippen LogP contribution in [0.15, 0.2) is 0 Å². The summed E-state index contributed by atoms with van der Waals surface area (Å²) in [5.41, 5.74) is 0. The summed E-state index contributed by atoms with van der Waals surface area (Å²) >= 11 is 0. The molecule has 0 aliphatic carbocycles. The number of fused-ring (bicyclic) bond motifs is 1. The van der Waals surface area contributed by atoms with Crippen LogP contribution in [0.1, 0.15) is 38.4 Å². The molecule has 0 aromatic carbocycles. The molecule has 100 valence electrons. The van der Waals surface area contributed by atoms with Crippen molar-refractivity contribution < 1.29 is 0 Å². The van der Waals surface area contributed by atoms with Gasteiger partial charge in [-0.3, -0.25) is 5.10 Å². The molecular weight excluding hydrogens is 226 g/mol. The molecule has 0 amide bonds. The Morgan fingerprint density at radius 2 is 2.33 bits per heavy atom. The van der Waals surface area contributed by atoms with E-state index in [1.165, 1.54) is 25.7 Å². The third kappa shape index (κ3) is 2.23. The Labute approximate surface area is 108 Å². The smallest absolute Gasteiger partial charge is 0.245 e. The molecule has 3 heterocycles. The van der Waals surface area contributed by atoms with Crippen LogP contribution in [0.25, 0.3) is 0 Å². The number of nitrogens with zero attached hydrogens (tertiary/aromatic N) is 3. The number of nitrogens with one attached hydrogen (secondary N) is 2. The van der Waals surface area contributed by atoms with Crippen LogP contribution in [-0.2, 0) is 6.42 Å². The van der Waals surface area contributed by atoms with Gasteiger partial charge in [-0.05, 0) is 25.2 Å². The van der Waals surface area contributed by atoms with Crippen LogP contribution in [0.5, 0.6) is 0 Å². The molecule has 2 aliphatic heterocycles. The van der Waals surface area contributed by atoms with Crippen LogP contribution in [0, 0.1) is 5.92 Å². The largest absolute Gasteiger partial charge is 0.335 e. The Balaban J connectivity index is 1.71. The fourth-order valence-corrected chi connectivity index (χ4v) is 3.19. The van der Waals surface area contributed by atoms with Crippen molar-refractivity contribution in [2.75, 3.05) is 24.5 Å². The van der Waals surface area contributed by atoms with Gasteiger partial charge >= 0.3 is 0 Å². The maximum atomic E-state index is 4.66. The Morgan fingerprint density at radius 1 is 1.39 bits per heavy atom. The third-order valence-electron chi connectivity index (χ3n) is 4.22. The topological polar surface area (TPSA) is 56.8 Å². The van der Waals surface area contributed by atoms with Crippen molar-refractivity contribution in [2.24, 2.45) is 5.92 Å². The molecule has 2 atom stereocenters. The van der Waals surface area contributed by atoms with Crippen LogP contribution in [0.2, 0.25) is 0 Å². The maximum absolute atomic E-state index is 4.66. The van der Waals surface area contributed by atoms with Crippen LogP contribution < -0.4 is 10.2 Å². The van der Waals surface area contributed by atoms with E-state index < -0.39 is 0 Å². The molecule has 5 nitrogen and oxygen atoms in total. The zero-order chi connectivity index (χ0) is 12.4. The average Bonchev–Trinajstić information content (AvgIpc) is 3.04. The Hall–Kier alpha value is -1.10. The molecule has 2 unspecified atom stereocenters. The second-order valence-electron chi connectivity index (χ2n) is 5.51. The Morgan fingerprint density at radius 3 is 3.22 bits per heavy atom. The molecule has 18 heavy (non-hydrogen) atoms. The number of aryl methyl sites for hydroxylation is 1. The summed E-state index contributed by atoms with van der Waals surface area (Å²) < 4.78 is 0. The first-order valence-corrected chi connectivity index (χ1v) is 7.27. The zero-order valence-electron chi connectivity index (χ0n) is 11.2. The van der Waals surface area contributed by atoms with Gasteiger partial charge in [-0.25, -0.2) is 0 Å². The molecular formula is C13H23N5. The molecule has 0 radical (unpaired) electrons. The van der Waals surface area contributed by atoms with E-state index in [1.807, 2.05) is 0 Å². The molecule has 5 heteroatoms. The monoisotopic (exact) mass is 249 g/mol. The summed E-state index contributed by atoms with van der Waals surface area (Å²) in [6.45, 7) is 5.56. The summed E-state index contributed by atoms with van der Waals surface area (Å²) in [5.74, 6) is 2.75. The fourth-order valence-electron chi connectivity index (χ4n) is 3.19. The van der Waals surface area contributed by atoms with Gasteiger partial charge in [0.2, 0.25) is 5.95 Å². The van der Waals surface area contributed by atoms with Crippen molar-refractivity contribution in [1.29, 1.82) is 0 Å². The van der Waals surface area contributed by atoms with E-state index >= 15 is 0 Å². The number of hydrogen-bond acceptors (Lipinski definition) is 4. The molecule has 2 aliphatic rings. The fraction of sp³-hybridized carbons (Fsp3) is 0.846. The molecule has 2 fully saturated rings. The van der Waals surface area contributed by atoms with Gasteiger partial charge in [0.1, 0.15) is 5.82 Å². The summed E-state index contributed by atoms with van der Waals surface area (Å²) in [5, 5.41) is 11.0. The number of anilines is 1. The minimum Gasteiger partial charge on any atom is -0.335 e. The summed E-state index contributed by atoms with van der Waals surface area (Å²) in [4.78, 5) is 7.07. The first kappa shape index (κ1) is 12.0. The number of aromatic amines is 1. The van der Waals surface area contributed by atoms with Crippen molar-refractivity contribution in [2.45, 2.75) is 45.1 Å². The van der Waals surface area contributed by atoms with E-state index in [0.717, 1.165) is 43.7 Å². The molecule has 0 spiro atoms. The minimum atomic E-state index is 0.605. The van der Waals surface area contributed by atoms with E-state index in [-0.39, 0.29) is 0 Å². The van der Waals surface area contributed by atoms with E-state index in [2.05, 4.69) is 32.3 Å². The number of aromatic nitrogens is 3. The lowest BCUT2D eigenvalue weighted by Crippen LogP contribution is -2.45. The highest BCUT2D eigenvalue weighted by molar-refractivity contribution is 5.33.